The van der Waals surface area contributed by atoms with Crippen molar-refractivity contribution in [2.75, 3.05) is 12.0 Å². The Hall–Kier alpha value is -4.13. The van der Waals surface area contributed by atoms with E-state index < -0.39 is 6.04 Å². The van der Waals surface area contributed by atoms with E-state index in [1.54, 1.807) is 24.1 Å². The molecule has 1 unspecified atom stereocenters. The number of carbonyl (C=O) groups excluding carboxylic acids is 1. The second-order valence-electron chi connectivity index (χ2n) is 7.42. The van der Waals surface area contributed by atoms with Gasteiger partial charge in [-0.15, -0.1) is 0 Å². The summed E-state index contributed by atoms with van der Waals surface area (Å²) in [7, 11) is 1.59. The monoisotopic (exact) mass is 413 g/mol. The number of fused-ring (bicyclic) bond motifs is 5. The lowest BCUT2D eigenvalue weighted by atomic mass is 9.95. The van der Waals surface area contributed by atoms with Gasteiger partial charge in [0.1, 0.15) is 17.3 Å². The molecule has 1 atom stereocenters. The zero-order valence-corrected chi connectivity index (χ0v) is 16.4. The van der Waals surface area contributed by atoms with Gasteiger partial charge in [-0.3, -0.25) is 14.8 Å². The molecule has 3 heterocycles. The smallest absolute Gasteiger partial charge is 0.277 e. The summed E-state index contributed by atoms with van der Waals surface area (Å²) in [5.74, 6) is 1.17. The van der Waals surface area contributed by atoms with Gasteiger partial charge >= 0.3 is 0 Å². The lowest BCUT2D eigenvalue weighted by Gasteiger charge is -2.27. The van der Waals surface area contributed by atoms with Crippen LogP contribution in [0.15, 0.2) is 66.7 Å². The average Bonchev–Trinajstić information content (AvgIpc) is 3.34. The van der Waals surface area contributed by atoms with Crippen LogP contribution in [0.25, 0.3) is 11.3 Å². The quantitative estimate of drug-likeness (QED) is 0.498. The van der Waals surface area contributed by atoms with Crippen LogP contribution in [-0.4, -0.2) is 23.2 Å². The zero-order valence-electron chi connectivity index (χ0n) is 16.4. The van der Waals surface area contributed by atoms with Crippen LogP contribution < -0.4 is 14.4 Å². The minimum atomic E-state index is -0.488. The van der Waals surface area contributed by atoms with Gasteiger partial charge in [0.25, 0.3) is 5.91 Å². The first-order valence-corrected chi connectivity index (χ1v) is 9.78. The molecule has 6 nitrogen and oxygen atoms in total. The van der Waals surface area contributed by atoms with Gasteiger partial charge in [0, 0.05) is 22.4 Å². The van der Waals surface area contributed by atoms with Crippen molar-refractivity contribution < 1.29 is 18.7 Å². The van der Waals surface area contributed by atoms with Gasteiger partial charge < -0.3 is 9.47 Å². The Labute approximate surface area is 176 Å². The van der Waals surface area contributed by atoms with Crippen molar-refractivity contribution in [1.82, 2.24) is 10.2 Å². The number of halogens is 1. The number of ether oxygens (including phenoxy) is 2. The fraction of sp³-hybridized carbons (Fsp3) is 0.0833. The van der Waals surface area contributed by atoms with Gasteiger partial charge in [0.2, 0.25) is 0 Å². The van der Waals surface area contributed by atoms with Crippen LogP contribution in [0.1, 0.15) is 27.7 Å². The number of nitrogens with one attached hydrogen (secondary N) is 1. The van der Waals surface area contributed by atoms with E-state index in [4.69, 9.17) is 9.47 Å². The third-order valence-corrected chi connectivity index (χ3v) is 5.74. The molecule has 1 aromatic heterocycles. The molecule has 31 heavy (non-hydrogen) atoms. The Bertz CT molecular complexity index is 1350. The minimum Gasteiger partial charge on any atom is -0.493 e. The SMILES string of the molecule is COc1ccc2cc1Oc1ccccc1C1c3c-2n[nH]c3C(=O)N1c1ccc(F)cc1. The summed E-state index contributed by atoms with van der Waals surface area (Å²) < 4.78 is 25.3. The fourth-order valence-corrected chi connectivity index (χ4v) is 4.35. The lowest BCUT2D eigenvalue weighted by molar-refractivity contribution is 0.0988. The molecule has 6 rings (SSSR count). The maximum absolute atomic E-state index is 13.6. The molecule has 0 spiro atoms. The van der Waals surface area contributed by atoms with Crippen LogP contribution in [0.2, 0.25) is 0 Å². The summed E-state index contributed by atoms with van der Waals surface area (Å²) >= 11 is 0. The summed E-state index contributed by atoms with van der Waals surface area (Å²) in [5, 5.41) is 7.39. The summed E-state index contributed by atoms with van der Waals surface area (Å²) in [6.07, 6.45) is 0. The highest BCUT2D eigenvalue weighted by molar-refractivity contribution is 6.12. The molecule has 2 aliphatic rings. The van der Waals surface area contributed by atoms with Gasteiger partial charge in [-0.2, -0.15) is 5.10 Å². The Morgan fingerprint density at radius 1 is 1.06 bits per heavy atom. The van der Waals surface area contributed by atoms with E-state index in [0.29, 0.717) is 34.3 Å². The van der Waals surface area contributed by atoms with Crippen LogP contribution in [0.3, 0.4) is 0 Å². The molecule has 152 valence electrons. The van der Waals surface area contributed by atoms with Crippen LogP contribution in [0.5, 0.6) is 17.2 Å². The molecule has 7 heteroatoms. The first kappa shape index (κ1) is 17.7. The molecule has 4 aromatic rings. The number of hydrogen-bond acceptors (Lipinski definition) is 4. The number of rotatable bonds is 2. The predicted molar refractivity (Wildman–Crippen MR) is 112 cm³/mol. The standard InChI is InChI=1S/C24H16FN3O3/c1-30-18-11-6-13-12-19(18)31-17-5-3-2-4-16(17)23-20-21(13)26-27-22(20)24(29)28(23)15-9-7-14(25)8-10-15/h2-12,23H,1H3,(H,26,27). The molecule has 0 aliphatic carbocycles. The van der Waals surface area contributed by atoms with Crippen molar-refractivity contribution in [3.05, 3.63) is 89.4 Å². The minimum absolute atomic E-state index is 0.227. The van der Waals surface area contributed by atoms with E-state index in [9.17, 15) is 9.18 Å². The van der Waals surface area contributed by atoms with Crippen LogP contribution in [0, 0.1) is 5.82 Å². The molecule has 3 aromatic carbocycles. The Morgan fingerprint density at radius 2 is 1.87 bits per heavy atom. The van der Waals surface area contributed by atoms with E-state index in [-0.39, 0.29) is 11.7 Å². The Morgan fingerprint density at radius 3 is 2.68 bits per heavy atom. The molecule has 1 N–H and O–H groups in total. The average molecular weight is 413 g/mol. The number of para-hydroxylation sites is 1. The number of H-pyrrole nitrogens is 1. The number of benzene rings is 3. The molecule has 0 saturated heterocycles. The second-order valence-corrected chi connectivity index (χ2v) is 7.42. The van der Waals surface area contributed by atoms with Gasteiger partial charge in [0.05, 0.1) is 18.8 Å². The van der Waals surface area contributed by atoms with Crippen molar-refractivity contribution in [2.45, 2.75) is 6.04 Å². The molecule has 2 bridgehead atoms. The number of methoxy groups -OCH3 is 1. The Kier molecular flexibility index (Phi) is 3.67. The maximum Gasteiger partial charge on any atom is 0.277 e. The number of nitrogens with zero attached hydrogens (tertiary/aromatic N) is 2. The normalized spacial score (nSPS) is 16.0. The number of hydrogen-bond donors (Lipinski definition) is 1. The number of anilines is 1. The first-order valence-electron chi connectivity index (χ1n) is 9.78. The van der Waals surface area contributed by atoms with E-state index in [0.717, 1.165) is 16.7 Å². The summed E-state index contributed by atoms with van der Waals surface area (Å²) in [6.45, 7) is 0. The topological polar surface area (TPSA) is 67.5 Å². The molecule has 2 aliphatic heterocycles. The van der Waals surface area contributed by atoms with E-state index in [1.165, 1.54) is 12.1 Å². The molecule has 0 fully saturated rings. The highest BCUT2D eigenvalue weighted by atomic mass is 19.1. The highest BCUT2D eigenvalue weighted by Crippen LogP contribution is 2.50. The van der Waals surface area contributed by atoms with E-state index in [2.05, 4.69) is 10.2 Å². The van der Waals surface area contributed by atoms with Gasteiger partial charge in [-0.05, 0) is 48.5 Å². The number of carbonyl (C=O) groups is 1. The van der Waals surface area contributed by atoms with Crippen LogP contribution >= 0.6 is 0 Å². The molecular formula is C24H16FN3O3. The predicted octanol–water partition coefficient (Wildman–Crippen LogP) is 5.08. The van der Waals surface area contributed by atoms with E-state index in [1.807, 2.05) is 42.5 Å². The summed E-state index contributed by atoms with van der Waals surface area (Å²) in [5.41, 5.74) is 4.04. The van der Waals surface area contributed by atoms with Crippen LogP contribution in [0.4, 0.5) is 10.1 Å². The van der Waals surface area contributed by atoms with Gasteiger partial charge in [0.15, 0.2) is 11.5 Å². The number of aromatic nitrogens is 2. The second kappa shape index (κ2) is 6.43. The van der Waals surface area contributed by atoms with Gasteiger partial charge in [-0.1, -0.05) is 18.2 Å². The number of aromatic amines is 1. The summed E-state index contributed by atoms with van der Waals surface area (Å²) in [4.78, 5) is 15.1. The number of amides is 1. The van der Waals surface area contributed by atoms with Gasteiger partial charge in [-0.25, -0.2) is 4.39 Å². The Balaban J connectivity index is 1.66. The molecule has 0 saturated carbocycles. The van der Waals surface area contributed by atoms with Crippen molar-refractivity contribution in [2.24, 2.45) is 0 Å². The fourth-order valence-electron chi connectivity index (χ4n) is 4.35. The highest BCUT2D eigenvalue weighted by Gasteiger charge is 2.44. The van der Waals surface area contributed by atoms with Crippen LogP contribution in [-0.2, 0) is 0 Å². The largest absolute Gasteiger partial charge is 0.493 e. The summed E-state index contributed by atoms with van der Waals surface area (Å²) in [6, 6.07) is 18.5. The van der Waals surface area contributed by atoms with E-state index >= 15 is 0 Å². The third kappa shape index (κ3) is 2.49. The molecular weight excluding hydrogens is 397 g/mol. The first-order chi connectivity index (χ1) is 15.2. The maximum atomic E-state index is 13.6. The molecule has 1 amide bonds. The zero-order chi connectivity index (χ0) is 21.1. The lowest BCUT2D eigenvalue weighted by Crippen LogP contribution is -2.29. The molecule has 0 radical (unpaired) electrons. The third-order valence-electron chi connectivity index (χ3n) is 5.74. The van der Waals surface area contributed by atoms with Crippen molar-refractivity contribution in [1.29, 1.82) is 0 Å². The van der Waals surface area contributed by atoms with Crippen molar-refractivity contribution >= 4 is 11.6 Å². The van der Waals surface area contributed by atoms with Crippen molar-refractivity contribution in [3.8, 4) is 28.5 Å². The van der Waals surface area contributed by atoms with Crippen molar-refractivity contribution in [3.63, 3.8) is 0 Å².